The summed E-state index contributed by atoms with van der Waals surface area (Å²) in [7, 11) is 1.53. The molecule has 0 aliphatic rings. The van der Waals surface area contributed by atoms with Crippen molar-refractivity contribution in [1.29, 1.82) is 0 Å². The third-order valence-electron chi connectivity index (χ3n) is 14.1. The Morgan fingerprint density at radius 3 is 1.44 bits per heavy atom. The van der Waals surface area contributed by atoms with Gasteiger partial charge in [-0.3, -0.25) is 52.0 Å². The molecular weight excluding hydrogens is 1470 g/mol. The van der Waals surface area contributed by atoms with E-state index < -0.39 is 76.0 Å². The second-order valence-corrected chi connectivity index (χ2v) is 22.7. The molecule has 11 rings (SSSR count). The molecule has 5 aromatic heterocycles. The van der Waals surface area contributed by atoms with Crippen LogP contribution in [0.5, 0.6) is 5.75 Å². The number of hydrogen-bond acceptors (Lipinski definition) is 13. The van der Waals surface area contributed by atoms with Crippen molar-refractivity contribution in [1.82, 2.24) is 23.3 Å². The molecule has 5 N–H and O–H groups in total. The second-order valence-electron chi connectivity index (χ2n) is 21.0. The maximum atomic E-state index is 14.2. The molecule has 0 saturated carbocycles. The Labute approximate surface area is 595 Å². The van der Waals surface area contributed by atoms with Gasteiger partial charge in [0.25, 0.3) is 22.2 Å². The van der Waals surface area contributed by atoms with Crippen molar-refractivity contribution in [2.75, 3.05) is 31.6 Å². The topological polar surface area (TPSA) is 275 Å². The molecule has 0 saturated heterocycles. The van der Waals surface area contributed by atoms with Crippen molar-refractivity contribution in [3.05, 3.63) is 326 Å². The van der Waals surface area contributed by atoms with Gasteiger partial charge in [-0.15, -0.1) is 0 Å². The summed E-state index contributed by atoms with van der Waals surface area (Å²) >= 11 is 6.50. The molecule has 5 heterocycles. The van der Waals surface area contributed by atoms with Crippen LogP contribution in [0, 0.1) is 62.6 Å². The fourth-order valence-electron chi connectivity index (χ4n) is 9.24. The van der Waals surface area contributed by atoms with Gasteiger partial charge < -0.3 is 35.5 Å². The Morgan fingerprint density at radius 2 is 0.961 bits per heavy atom. The highest BCUT2D eigenvalue weighted by Gasteiger charge is 2.21. The molecule has 0 atom stereocenters. The van der Waals surface area contributed by atoms with Gasteiger partial charge in [-0.1, -0.05) is 72.8 Å². The Hall–Kier alpha value is -11.8. The maximum Gasteiger partial charge on any atom is 0.341 e. The van der Waals surface area contributed by atoms with E-state index in [2.05, 4.69) is 46.9 Å². The molecule has 0 aliphatic heterocycles. The summed E-state index contributed by atoms with van der Waals surface area (Å²) in [6, 6.07) is 49.2. The Balaban J connectivity index is 0.000000197. The number of nitrogens with one attached hydrogen (secondary N) is 1. The first-order chi connectivity index (χ1) is 48.6. The lowest BCUT2D eigenvalue weighted by Gasteiger charge is -2.16. The van der Waals surface area contributed by atoms with E-state index in [4.69, 9.17) is 25.4 Å². The number of rotatable bonds is 14. The van der Waals surface area contributed by atoms with Crippen LogP contribution in [0.1, 0.15) is 56.8 Å². The predicted octanol–water partition coefficient (Wildman–Crippen LogP) is 14.2. The van der Waals surface area contributed by atoms with Crippen LogP contribution in [0.4, 0.5) is 37.7 Å². The van der Waals surface area contributed by atoms with Crippen molar-refractivity contribution < 1.29 is 69.9 Å². The van der Waals surface area contributed by atoms with Crippen LogP contribution in [0.3, 0.4) is 0 Å². The average molecular weight is 1530 g/mol. The minimum Gasteiger partial charge on any atom is -0.477 e. The lowest BCUT2D eigenvalue weighted by atomic mass is 10.1. The first-order valence-corrected chi connectivity index (χ1v) is 31.7. The number of ether oxygens (including phenoxy) is 3. The summed E-state index contributed by atoms with van der Waals surface area (Å²) in [5.41, 5.74) is 6.44. The Morgan fingerprint density at radius 1 is 0.510 bits per heavy atom. The largest absolute Gasteiger partial charge is 0.477 e. The van der Waals surface area contributed by atoms with E-state index in [1.54, 1.807) is 132 Å². The molecule has 1 amide bonds. The number of aromatic nitrogens is 5. The predicted molar refractivity (Wildman–Crippen MR) is 379 cm³/mol. The van der Waals surface area contributed by atoms with Gasteiger partial charge in [-0.2, -0.15) is 0 Å². The molecule has 20 nitrogen and oxygen atoms in total. The minimum atomic E-state index is -1.35. The third kappa shape index (κ3) is 20.9. The number of benzene rings is 6. The smallest absolute Gasteiger partial charge is 0.341 e. The standard InChI is InChI=1S/C19H17FN2O3.C13H9BrFNO3.C13H10FNO3.C12H9BrFNO.C11H12FNO3.C6H6FN/c1-13-14(19-17(25-12-24-2)8-5-11-21-19)9-10-18(23)22(13)16-7-4-3-6-15(16)20;1-7-9(14)6-8(13(18)19)12(17)16(7)11-5-3-2-4-10(11)15;1-8-6-7-9(13(17)18)12(16)15(8)11-5-3-2-4-10(11)14;1-8-9(13)6-7-12(16)15(8)11-5-3-2-4-10(11)14;1-2-16-11(15)7-10(14)13-9-6-4-3-5-8(9)12;7-5-3-1-2-4-6(5)8/h3-11H,12H2,1-2H3;2-6H,1H3,(H,18,19);2-7H,1H3,(H,17,18);2-7H,1H3;3-6H,2,7H2,1H3,(H,13,14);1-4H,8H2. The molecule has 0 bridgehead atoms. The number of para-hydroxylation sites is 6. The van der Waals surface area contributed by atoms with E-state index in [1.807, 2.05) is 0 Å². The van der Waals surface area contributed by atoms with Gasteiger partial charge in [0.2, 0.25) is 5.91 Å². The van der Waals surface area contributed by atoms with E-state index in [1.165, 1.54) is 125 Å². The number of carbonyl (C=O) groups is 4. The summed E-state index contributed by atoms with van der Waals surface area (Å²) < 4.78 is 102. The van der Waals surface area contributed by atoms with Gasteiger partial charge in [0.1, 0.15) is 63.9 Å². The number of anilines is 2. The monoisotopic (exact) mass is 1530 g/mol. The van der Waals surface area contributed by atoms with Crippen LogP contribution in [0.25, 0.3) is 34.0 Å². The van der Waals surface area contributed by atoms with Crippen LogP contribution in [0.2, 0.25) is 0 Å². The number of methoxy groups -OCH3 is 1. The number of esters is 1. The van der Waals surface area contributed by atoms with Crippen molar-refractivity contribution in [3.63, 3.8) is 0 Å². The first-order valence-electron chi connectivity index (χ1n) is 30.1. The Bertz CT molecular complexity index is 5070. The number of nitrogens with zero attached hydrogens (tertiary/aromatic N) is 5. The van der Waals surface area contributed by atoms with Crippen LogP contribution in [-0.2, 0) is 19.1 Å². The molecule has 11 aromatic rings. The highest BCUT2D eigenvalue weighted by molar-refractivity contribution is 9.10. The number of halogens is 8. The number of carboxylic acids is 2. The summed E-state index contributed by atoms with van der Waals surface area (Å²) in [5, 5.41) is 20.2. The normalized spacial score (nSPS) is 10.3. The number of nitrogens with two attached hydrogens (primary N) is 1. The quantitative estimate of drug-likeness (QED) is 0.0259. The van der Waals surface area contributed by atoms with Gasteiger partial charge in [0.05, 0.1) is 40.7 Å². The van der Waals surface area contributed by atoms with Crippen LogP contribution in [-0.4, -0.2) is 77.8 Å². The van der Waals surface area contributed by atoms with Crippen LogP contribution >= 0.6 is 31.9 Å². The number of carbonyl (C=O) groups excluding carboxylic acids is 2. The molecule has 28 heteroatoms. The molecule has 0 spiro atoms. The van der Waals surface area contributed by atoms with Crippen LogP contribution < -0.4 is 38.0 Å². The van der Waals surface area contributed by atoms with E-state index >= 15 is 0 Å². The lowest BCUT2D eigenvalue weighted by Crippen LogP contribution is -2.27. The van der Waals surface area contributed by atoms with E-state index in [9.17, 15) is 64.7 Å². The van der Waals surface area contributed by atoms with E-state index in [0.29, 0.717) is 44.3 Å². The number of pyridine rings is 5. The second kappa shape index (κ2) is 38.0. The summed E-state index contributed by atoms with van der Waals surface area (Å²) in [4.78, 5) is 96.7. The van der Waals surface area contributed by atoms with Crippen LogP contribution in [0.15, 0.2) is 235 Å². The van der Waals surface area contributed by atoms with Crippen molar-refractivity contribution in [2.24, 2.45) is 0 Å². The summed E-state index contributed by atoms with van der Waals surface area (Å²) in [6.45, 7) is 8.65. The molecule has 6 aromatic carbocycles. The Kier molecular flexibility index (Phi) is 29.5. The molecule has 0 radical (unpaired) electrons. The maximum absolute atomic E-state index is 14.2. The number of nitrogen functional groups attached to an aromatic ring is 1. The zero-order valence-corrected chi connectivity index (χ0v) is 58.1. The highest BCUT2D eigenvalue weighted by Crippen LogP contribution is 2.31. The fraction of sp³-hybridized carbons (Fsp3) is 0.122. The average Bonchev–Trinajstić information content (AvgIpc) is 0.795. The molecule has 0 fully saturated rings. The number of carboxylic acid groups (broad SMARTS) is 2. The molecule has 102 heavy (non-hydrogen) atoms. The third-order valence-corrected chi connectivity index (χ3v) is 15.8. The van der Waals surface area contributed by atoms with Gasteiger partial charge in [0, 0.05) is 62.7 Å². The summed E-state index contributed by atoms with van der Waals surface area (Å²) in [5.74, 6) is -6.33. The van der Waals surface area contributed by atoms with Crippen molar-refractivity contribution in [3.8, 4) is 39.8 Å². The molecule has 528 valence electrons. The van der Waals surface area contributed by atoms with Crippen molar-refractivity contribution in [2.45, 2.75) is 41.0 Å². The van der Waals surface area contributed by atoms with E-state index in [-0.39, 0.29) is 70.0 Å². The molecule has 0 aliphatic carbocycles. The molecular formula is C74H63Br2F6N7O13. The first kappa shape index (κ1) is 79.2. The summed E-state index contributed by atoms with van der Waals surface area (Å²) in [6.07, 6.45) is 1.22. The van der Waals surface area contributed by atoms with Gasteiger partial charge in [0.15, 0.2) is 6.79 Å². The van der Waals surface area contributed by atoms with Crippen molar-refractivity contribution >= 4 is 67.0 Å². The lowest BCUT2D eigenvalue weighted by molar-refractivity contribution is -0.145. The highest BCUT2D eigenvalue weighted by atomic mass is 79.9. The van der Waals surface area contributed by atoms with Gasteiger partial charge >= 0.3 is 17.9 Å². The number of aryl methyl sites for hydroxylation is 1. The van der Waals surface area contributed by atoms with E-state index in [0.717, 1.165) is 13.6 Å². The minimum absolute atomic E-state index is 0.0220. The fourth-order valence-corrected chi connectivity index (χ4v) is 9.96. The zero-order valence-electron chi connectivity index (χ0n) is 55.0. The van der Waals surface area contributed by atoms with Gasteiger partial charge in [-0.05, 0) is 182 Å². The SMILES string of the molecule is CCOC(=O)CC(=O)Nc1ccccc1F.COCOc1cccnc1-c1ccc(=O)n(-c2ccccc2F)c1C.Cc1c(Br)cc(C(=O)O)c(=O)n1-c1ccccc1F.Cc1c(Br)ccc(=O)n1-c1ccccc1F.Cc1ccc(C(=O)O)c(=O)n1-c1ccccc1F.Nc1ccccc1F. The number of hydrogen-bond donors (Lipinski definition) is 4. The number of amides is 1. The van der Waals surface area contributed by atoms with Gasteiger partial charge in [-0.25, -0.2) is 35.9 Å². The zero-order chi connectivity index (χ0) is 74.9. The number of aromatic carboxylic acids is 2. The molecule has 0 unspecified atom stereocenters.